The molecule has 0 saturated heterocycles. The Labute approximate surface area is 125 Å². The average molecular weight is 298 g/mol. The third-order valence-corrected chi connectivity index (χ3v) is 3.07. The summed E-state index contributed by atoms with van der Waals surface area (Å²) >= 11 is 0. The number of Topliss-reactive ketones (excluding diaryl/α,β-unsaturated/α-hetero) is 1. The van der Waals surface area contributed by atoms with Crippen LogP contribution in [-0.2, 0) is 4.79 Å². The Morgan fingerprint density at radius 1 is 1.18 bits per heavy atom. The molecule has 0 N–H and O–H groups in total. The molecule has 0 spiro atoms. The molecular formula is C17H11FO4. The Hall–Kier alpha value is -2.95. The van der Waals surface area contributed by atoms with Crippen molar-refractivity contribution in [1.29, 1.82) is 0 Å². The van der Waals surface area contributed by atoms with Gasteiger partial charge in [0, 0.05) is 13.0 Å². The summed E-state index contributed by atoms with van der Waals surface area (Å²) in [6.07, 6.45) is 1.53. The number of benzene rings is 2. The number of ketones is 1. The number of ether oxygens (including phenoxy) is 2. The Balaban J connectivity index is 1.90. The topological polar surface area (TPSA) is 52.6 Å². The lowest BCUT2D eigenvalue weighted by Crippen LogP contribution is -2.01. The van der Waals surface area contributed by atoms with E-state index in [9.17, 15) is 14.0 Å². The lowest BCUT2D eigenvalue weighted by molar-refractivity contribution is -0.131. The van der Waals surface area contributed by atoms with Crippen LogP contribution in [0.4, 0.5) is 4.39 Å². The molecule has 22 heavy (non-hydrogen) atoms. The van der Waals surface area contributed by atoms with Gasteiger partial charge in [-0.2, -0.15) is 0 Å². The predicted octanol–water partition coefficient (Wildman–Crippen LogP) is 3.37. The minimum Gasteiger partial charge on any atom is -0.452 e. The Bertz CT molecular complexity index is 791. The highest BCUT2D eigenvalue weighted by Gasteiger charge is 2.27. The predicted molar refractivity (Wildman–Crippen MR) is 77.1 cm³/mol. The number of carbonyl (C=O) groups is 2. The molecule has 0 radical (unpaired) electrons. The maximum Gasteiger partial charge on any atom is 0.308 e. The van der Waals surface area contributed by atoms with Gasteiger partial charge in [0.25, 0.3) is 0 Å². The van der Waals surface area contributed by atoms with Crippen LogP contribution in [0.3, 0.4) is 0 Å². The van der Waals surface area contributed by atoms with E-state index in [1.807, 2.05) is 0 Å². The van der Waals surface area contributed by atoms with Crippen molar-refractivity contribution in [3.63, 3.8) is 0 Å². The van der Waals surface area contributed by atoms with Gasteiger partial charge in [-0.05, 0) is 35.9 Å². The molecule has 110 valence electrons. The zero-order chi connectivity index (χ0) is 15.7. The van der Waals surface area contributed by atoms with Crippen LogP contribution < -0.4 is 9.47 Å². The standard InChI is InChI=1S/C17H11FO4/c1-10(19)21-13-6-7-14-15(9-13)22-16(17(14)20)8-11-2-4-12(18)5-3-11/h2-9H,1H3/b16-8-. The maximum atomic E-state index is 12.9. The van der Waals surface area contributed by atoms with E-state index in [4.69, 9.17) is 9.47 Å². The van der Waals surface area contributed by atoms with Gasteiger partial charge >= 0.3 is 5.97 Å². The molecule has 0 saturated carbocycles. The van der Waals surface area contributed by atoms with Crippen molar-refractivity contribution in [1.82, 2.24) is 0 Å². The molecule has 3 rings (SSSR count). The summed E-state index contributed by atoms with van der Waals surface area (Å²) < 4.78 is 23.3. The van der Waals surface area contributed by atoms with Crippen molar-refractivity contribution < 1.29 is 23.5 Å². The normalized spacial score (nSPS) is 14.6. The highest BCUT2D eigenvalue weighted by molar-refractivity contribution is 6.14. The van der Waals surface area contributed by atoms with Gasteiger partial charge in [0.1, 0.15) is 17.3 Å². The first kappa shape index (κ1) is 14.0. The number of hydrogen-bond donors (Lipinski definition) is 0. The Morgan fingerprint density at radius 3 is 2.59 bits per heavy atom. The summed E-state index contributed by atoms with van der Waals surface area (Å²) in [5.41, 5.74) is 1.04. The van der Waals surface area contributed by atoms with Gasteiger partial charge in [-0.25, -0.2) is 4.39 Å². The van der Waals surface area contributed by atoms with E-state index in [-0.39, 0.29) is 17.4 Å². The van der Waals surface area contributed by atoms with Gasteiger partial charge in [0.05, 0.1) is 5.56 Å². The monoisotopic (exact) mass is 298 g/mol. The van der Waals surface area contributed by atoms with E-state index in [0.29, 0.717) is 22.6 Å². The first-order valence-electron chi connectivity index (χ1n) is 6.55. The number of fused-ring (bicyclic) bond motifs is 1. The van der Waals surface area contributed by atoms with E-state index in [1.54, 1.807) is 18.2 Å². The fraction of sp³-hybridized carbons (Fsp3) is 0.0588. The second-order valence-corrected chi connectivity index (χ2v) is 4.74. The lowest BCUT2D eigenvalue weighted by atomic mass is 10.1. The average Bonchev–Trinajstić information content (AvgIpc) is 2.77. The van der Waals surface area contributed by atoms with E-state index >= 15 is 0 Å². The molecule has 2 aromatic rings. The van der Waals surface area contributed by atoms with Gasteiger partial charge in [-0.15, -0.1) is 0 Å². The van der Waals surface area contributed by atoms with Crippen molar-refractivity contribution in [3.8, 4) is 11.5 Å². The minimum atomic E-state index is -0.452. The molecule has 0 aliphatic carbocycles. The van der Waals surface area contributed by atoms with Crippen molar-refractivity contribution >= 4 is 17.8 Å². The van der Waals surface area contributed by atoms with Crippen LogP contribution in [0.5, 0.6) is 11.5 Å². The lowest BCUT2D eigenvalue weighted by Gasteiger charge is -2.02. The molecule has 1 aliphatic heterocycles. The molecule has 4 nitrogen and oxygen atoms in total. The summed E-state index contributed by atoms with van der Waals surface area (Å²) in [4.78, 5) is 23.2. The maximum absolute atomic E-state index is 12.9. The summed E-state index contributed by atoms with van der Waals surface area (Å²) in [6.45, 7) is 1.29. The molecule has 1 heterocycles. The molecule has 0 atom stereocenters. The number of allylic oxidation sites excluding steroid dienone is 1. The SMILES string of the molecule is CC(=O)Oc1ccc2c(c1)O/C(=C\c1ccc(F)cc1)C2=O. The number of carbonyl (C=O) groups excluding carboxylic acids is 2. The summed E-state index contributed by atoms with van der Waals surface area (Å²) in [6, 6.07) is 10.3. The zero-order valence-electron chi connectivity index (χ0n) is 11.6. The van der Waals surface area contributed by atoms with Crippen LogP contribution in [0, 0.1) is 5.82 Å². The third-order valence-electron chi connectivity index (χ3n) is 3.07. The summed E-state index contributed by atoms with van der Waals surface area (Å²) in [5, 5.41) is 0. The highest BCUT2D eigenvalue weighted by Crippen LogP contribution is 2.34. The largest absolute Gasteiger partial charge is 0.452 e. The third kappa shape index (κ3) is 2.74. The fourth-order valence-corrected chi connectivity index (χ4v) is 2.11. The van der Waals surface area contributed by atoms with E-state index in [1.165, 1.54) is 37.3 Å². The van der Waals surface area contributed by atoms with Crippen molar-refractivity contribution in [2.24, 2.45) is 0 Å². The van der Waals surface area contributed by atoms with E-state index < -0.39 is 5.97 Å². The molecule has 0 unspecified atom stereocenters. The van der Waals surface area contributed by atoms with Crippen LogP contribution in [0.25, 0.3) is 6.08 Å². The number of rotatable bonds is 2. The van der Waals surface area contributed by atoms with Crippen molar-refractivity contribution in [3.05, 3.63) is 65.2 Å². The van der Waals surface area contributed by atoms with Crippen LogP contribution in [0.2, 0.25) is 0 Å². The van der Waals surface area contributed by atoms with Crippen LogP contribution >= 0.6 is 0 Å². The van der Waals surface area contributed by atoms with Crippen LogP contribution in [0.15, 0.2) is 48.2 Å². The molecule has 1 aliphatic rings. The molecule has 5 heteroatoms. The fourth-order valence-electron chi connectivity index (χ4n) is 2.11. The highest BCUT2D eigenvalue weighted by atomic mass is 19.1. The second kappa shape index (κ2) is 5.44. The van der Waals surface area contributed by atoms with E-state index in [2.05, 4.69) is 0 Å². The number of halogens is 1. The van der Waals surface area contributed by atoms with Gasteiger partial charge < -0.3 is 9.47 Å². The quantitative estimate of drug-likeness (QED) is 0.484. The van der Waals surface area contributed by atoms with Gasteiger partial charge in [0.15, 0.2) is 5.76 Å². The van der Waals surface area contributed by atoms with Crippen LogP contribution in [0.1, 0.15) is 22.8 Å². The second-order valence-electron chi connectivity index (χ2n) is 4.74. The Morgan fingerprint density at radius 2 is 1.91 bits per heavy atom. The van der Waals surface area contributed by atoms with Crippen molar-refractivity contribution in [2.75, 3.05) is 0 Å². The molecule has 0 bridgehead atoms. The first-order valence-corrected chi connectivity index (χ1v) is 6.55. The first-order chi connectivity index (χ1) is 10.5. The molecular weight excluding hydrogens is 287 g/mol. The van der Waals surface area contributed by atoms with E-state index in [0.717, 1.165) is 0 Å². The van der Waals surface area contributed by atoms with Gasteiger partial charge in [-0.3, -0.25) is 9.59 Å². The van der Waals surface area contributed by atoms with Gasteiger partial charge in [-0.1, -0.05) is 12.1 Å². The molecule has 0 amide bonds. The molecule has 2 aromatic carbocycles. The summed E-state index contributed by atoms with van der Waals surface area (Å²) in [5.74, 6) is -0.295. The van der Waals surface area contributed by atoms with Crippen LogP contribution in [-0.4, -0.2) is 11.8 Å². The molecule has 0 aromatic heterocycles. The Kier molecular flexibility index (Phi) is 3.47. The number of esters is 1. The van der Waals surface area contributed by atoms with Gasteiger partial charge in [0.2, 0.25) is 5.78 Å². The minimum absolute atomic E-state index is 0.140. The smallest absolute Gasteiger partial charge is 0.308 e. The van der Waals surface area contributed by atoms with Crippen molar-refractivity contribution in [2.45, 2.75) is 6.92 Å². The number of hydrogen-bond acceptors (Lipinski definition) is 4. The molecule has 0 fully saturated rings. The zero-order valence-corrected chi connectivity index (χ0v) is 11.6. The summed E-state index contributed by atoms with van der Waals surface area (Å²) in [7, 11) is 0.